The monoisotopic (exact) mass is 294 g/mol. The molecule has 1 fully saturated rings. The molecule has 0 aliphatic heterocycles. The van der Waals surface area contributed by atoms with Crippen molar-refractivity contribution in [3.63, 3.8) is 0 Å². The number of esters is 1. The molecule has 0 radical (unpaired) electrons. The fourth-order valence-electron chi connectivity index (χ4n) is 2.70. The van der Waals surface area contributed by atoms with Crippen molar-refractivity contribution in [3.05, 3.63) is 60.2 Å². The average molecular weight is 294 g/mol. The van der Waals surface area contributed by atoms with Crippen molar-refractivity contribution in [2.75, 3.05) is 0 Å². The summed E-state index contributed by atoms with van der Waals surface area (Å²) >= 11 is 0. The number of benzene rings is 2. The minimum Gasteiger partial charge on any atom is -0.451 e. The second-order valence-electron chi connectivity index (χ2n) is 5.55. The highest BCUT2D eigenvalue weighted by Crippen LogP contribution is 2.21. The van der Waals surface area contributed by atoms with Gasteiger partial charge < -0.3 is 4.74 Å². The summed E-state index contributed by atoms with van der Waals surface area (Å²) in [7, 11) is 0. The molecular weight excluding hydrogens is 276 g/mol. The minimum absolute atomic E-state index is 0.0421. The Bertz CT molecular complexity index is 659. The van der Waals surface area contributed by atoms with E-state index in [-0.39, 0.29) is 5.78 Å². The van der Waals surface area contributed by atoms with Crippen LogP contribution in [-0.2, 0) is 9.53 Å². The molecule has 2 aromatic rings. The van der Waals surface area contributed by atoms with Crippen molar-refractivity contribution in [2.24, 2.45) is 0 Å². The molecule has 0 spiro atoms. The van der Waals surface area contributed by atoms with Gasteiger partial charge in [-0.05, 0) is 42.5 Å². The molecule has 2 aromatic carbocycles. The van der Waals surface area contributed by atoms with Crippen molar-refractivity contribution in [1.29, 1.82) is 0 Å². The molecule has 1 saturated carbocycles. The van der Waals surface area contributed by atoms with Crippen LogP contribution in [0.3, 0.4) is 0 Å². The van der Waals surface area contributed by atoms with Crippen molar-refractivity contribution < 1.29 is 14.3 Å². The molecule has 22 heavy (non-hydrogen) atoms. The fraction of sp³-hybridized carbons (Fsp3) is 0.263. The number of hydrogen-bond donors (Lipinski definition) is 0. The van der Waals surface area contributed by atoms with Crippen LogP contribution in [0.2, 0.25) is 0 Å². The van der Waals surface area contributed by atoms with Gasteiger partial charge in [0.15, 0.2) is 11.9 Å². The zero-order valence-corrected chi connectivity index (χ0v) is 12.3. The van der Waals surface area contributed by atoms with Gasteiger partial charge in [0.1, 0.15) is 0 Å². The van der Waals surface area contributed by atoms with E-state index in [2.05, 4.69) is 0 Å². The Labute approximate surface area is 129 Å². The van der Waals surface area contributed by atoms with Gasteiger partial charge in [0.25, 0.3) is 0 Å². The van der Waals surface area contributed by atoms with Crippen LogP contribution in [0.5, 0.6) is 0 Å². The third-order valence-electron chi connectivity index (χ3n) is 3.98. The first-order chi connectivity index (χ1) is 10.7. The van der Waals surface area contributed by atoms with Gasteiger partial charge in [0, 0.05) is 6.42 Å². The summed E-state index contributed by atoms with van der Waals surface area (Å²) in [5.41, 5.74) is 2.63. The van der Waals surface area contributed by atoms with E-state index >= 15 is 0 Å². The van der Waals surface area contributed by atoms with Crippen LogP contribution in [0, 0.1) is 0 Å². The van der Waals surface area contributed by atoms with E-state index < -0.39 is 12.1 Å². The Balaban J connectivity index is 1.70. The normalized spacial score (nSPS) is 18.0. The predicted molar refractivity (Wildman–Crippen MR) is 84.6 cm³/mol. The van der Waals surface area contributed by atoms with Gasteiger partial charge in [-0.25, -0.2) is 4.79 Å². The molecule has 0 aromatic heterocycles. The van der Waals surface area contributed by atoms with Crippen molar-refractivity contribution >= 4 is 11.8 Å². The maximum Gasteiger partial charge on any atom is 0.338 e. The van der Waals surface area contributed by atoms with Gasteiger partial charge in [0.05, 0.1) is 5.56 Å². The van der Waals surface area contributed by atoms with E-state index in [1.54, 1.807) is 12.1 Å². The highest BCUT2D eigenvalue weighted by atomic mass is 16.5. The summed E-state index contributed by atoms with van der Waals surface area (Å²) in [6.07, 6.45) is 2.45. The lowest BCUT2D eigenvalue weighted by atomic mass is 9.96. The van der Waals surface area contributed by atoms with Crippen LogP contribution in [0.1, 0.15) is 36.0 Å². The molecule has 0 bridgehead atoms. The quantitative estimate of drug-likeness (QED) is 0.803. The summed E-state index contributed by atoms with van der Waals surface area (Å²) in [6, 6.07) is 17.3. The zero-order valence-electron chi connectivity index (χ0n) is 12.3. The second-order valence-corrected chi connectivity index (χ2v) is 5.55. The Kier molecular flexibility index (Phi) is 4.33. The molecule has 0 unspecified atom stereocenters. The van der Waals surface area contributed by atoms with Crippen molar-refractivity contribution in [2.45, 2.75) is 31.8 Å². The molecule has 1 aliphatic rings. The van der Waals surface area contributed by atoms with Gasteiger partial charge in [-0.3, -0.25) is 4.79 Å². The van der Waals surface area contributed by atoms with E-state index in [9.17, 15) is 9.59 Å². The third kappa shape index (κ3) is 3.25. The van der Waals surface area contributed by atoms with Gasteiger partial charge in [-0.15, -0.1) is 0 Å². The molecule has 1 aliphatic carbocycles. The van der Waals surface area contributed by atoms with Crippen LogP contribution in [0.4, 0.5) is 0 Å². The largest absolute Gasteiger partial charge is 0.451 e. The molecular formula is C19H18O3. The minimum atomic E-state index is -0.560. The lowest BCUT2D eigenvalue weighted by Crippen LogP contribution is -2.30. The first-order valence-electron chi connectivity index (χ1n) is 7.63. The highest BCUT2D eigenvalue weighted by molar-refractivity contribution is 5.93. The van der Waals surface area contributed by atoms with E-state index in [4.69, 9.17) is 4.74 Å². The van der Waals surface area contributed by atoms with Gasteiger partial charge in [-0.1, -0.05) is 42.5 Å². The van der Waals surface area contributed by atoms with Crippen LogP contribution < -0.4 is 0 Å². The summed E-state index contributed by atoms with van der Waals surface area (Å²) in [5.74, 6) is -0.375. The Morgan fingerprint density at radius 2 is 1.59 bits per heavy atom. The molecule has 0 heterocycles. The zero-order chi connectivity index (χ0) is 15.4. The molecule has 3 nitrogen and oxygen atoms in total. The summed E-state index contributed by atoms with van der Waals surface area (Å²) in [4.78, 5) is 23.9. The molecule has 1 atom stereocenters. The average Bonchev–Trinajstić information content (AvgIpc) is 2.58. The van der Waals surface area contributed by atoms with Gasteiger partial charge in [-0.2, -0.15) is 0 Å². The Hall–Kier alpha value is -2.42. The van der Waals surface area contributed by atoms with Crippen molar-refractivity contribution in [3.8, 4) is 11.1 Å². The lowest BCUT2D eigenvalue weighted by Gasteiger charge is -2.20. The fourth-order valence-corrected chi connectivity index (χ4v) is 2.70. The molecule has 3 heteroatoms. The maximum absolute atomic E-state index is 12.1. The van der Waals surface area contributed by atoms with E-state index in [0.717, 1.165) is 24.0 Å². The Morgan fingerprint density at radius 1 is 0.909 bits per heavy atom. The standard InChI is InChI=1S/C19H18O3/c20-17-8-4-5-9-18(17)22-19(21)16-12-10-15(11-13-16)14-6-2-1-3-7-14/h1-3,6-7,10-13,18H,4-5,8-9H2/t18-/m0/s1. The number of hydrogen-bond acceptors (Lipinski definition) is 3. The number of ether oxygens (including phenoxy) is 1. The van der Waals surface area contributed by atoms with Crippen LogP contribution in [-0.4, -0.2) is 17.9 Å². The first-order valence-corrected chi connectivity index (χ1v) is 7.63. The smallest absolute Gasteiger partial charge is 0.338 e. The van der Waals surface area contributed by atoms with E-state index in [1.807, 2.05) is 42.5 Å². The van der Waals surface area contributed by atoms with Crippen LogP contribution in [0.15, 0.2) is 54.6 Å². The van der Waals surface area contributed by atoms with Crippen molar-refractivity contribution in [1.82, 2.24) is 0 Å². The van der Waals surface area contributed by atoms with E-state index in [1.165, 1.54) is 0 Å². The van der Waals surface area contributed by atoms with Crippen LogP contribution in [0.25, 0.3) is 11.1 Å². The first kappa shape index (κ1) is 14.5. The molecule has 0 saturated heterocycles. The lowest BCUT2D eigenvalue weighted by molar-refractivity contribution is -0.129. The summed E-state index contributed by atoms with van der Waals surface area (Å²) < 4.78 is 5.35. The Morgan fingerprint density at radius 3 is 2.27 bits per heavy atom. The topological polar surface area (TPSA) is 43.4 Å². The predicted octanol–water partition coefficient (Wildman–Crippen LogP) is 4.02. The second kappa shape index (κ2) is 6.56. The maximum atomic E-state index is 12.1. The number of rotatable bonds is 3. The summed E-state index contributed by atoms with van der Waals surface area (Å²) in [6.45, 7) is 0. The third-order valence-corrected chi connectivity index (χ3v) is 3.98. The molecule has 3 rings (SSSR count). The molecule has 0 N–H and O–H groups in total. The van der Waals surface area contributed by atoms with E-state index in [0.29, 0.717) is 18.4 Å². The van der Waals surface area contributed by atoms with Crippen LogP contribution >= 0.6 is 0 Å². The number of ketones is 1. The number of Topliss-reactive ketones (excluding diaryl/α,β-unsaturated/α-hetero) is 1. The van der Waals surface area contributed by atoms with Gasteiger partial charge >= 0.3 is 5.97 Å². The summed E-state index contributed by atoms with van der Waals surface area (Å²) in [5, 5.41) is 0. The van der Waals surface area contributed by atoms with Gasteiger partial charge in [0.2, 0.25) is 0 Å². The number of carbonyl (C=O) groups is 2. The number of carbonyl (C=O) groups excluding carboxylic acids is 2. The highest BCUT2D eigenvalue weighted by Gasteiger charge is 2.26. The molecule has 0 amide bonds. The SMILES string of the molecule is O=C(O[C@H]1CCCCC1=O)c1ccc(-c2ccccc2)cc1. The molecule has 112 valence electrons.